The van der Waals surface area contributed by atoms with Crippen molar-refractivity contribution in [1.82, 2.24) is 5.32 Å². The standard InChI is InChI=1S/C19H23N3O5/c1-4-27-19(26)13-5-7-15(8-6-13)22-17(23)14(10-20)11-21-16(18(24)25)9-12(2)3/h5-8,11-12,16,21H,4,9H2,1-3H3,(H,22,23)(H,24,25)/b14-11-. The van der Waals surface area contributed by atoms with Gasteiger partial charge in [0.1, 0.15) is 17.7 Å². The molecule has 0 fully saturated rings. The number of esters is 1. The van der Waals surface area contributed by atoms with Crippen molar-refractivity contribution >= 4 is 23.5 Å². The first-order chi connectivity index (χ1) is 12.8. The number of nitrogens with zero attached hydrogens (tertiary/aromatic N) is 1. The van der Waals surface area contributed by atoms with E-state index in [0.717, 1.165) is 6.20 Å². The molecular formula is C19H23N3O5. The molecule has 1 aromatic carbocycles. The van der Waals surface area contributed by atoms with Crippen molar-refractivity contribution in [2.24, 2.45) is 5.92 Å². The lowest BCUT2D eigenvalue weighted by Gasteiger charge is -2.15. The van der Waals surface area contributed by atoms with Gasteiger partial charge in [-0.15, -0.1) is 0 Å². The Balaban J connectivity index is 2.79. The van der Waals surface area contributed by atoms with E-state index in [9.17, 15) is 19.5 Å². The number of carbonyl (C=O) groups excluding carboxylic acids is 2. The number of hydrogen-bond acceptors (Lipinski definition) is 6. The fourth-order valence-corrected chi connectivity index (χ4v) is 2.15. The quantitative estimate of drug-likeness (QED) is 0.344. The summed E-state index contributed by atoms with van der Waals surface area (Å²) in [7, 11) is 0. The number of amides is 1. The summed E-state index contributed by atoms with van der Waals surface area (Å²) in [6.45, 7) is 5.71. The van der Waals surface area contributed by atoms with E-state index in [4.69, 9.17) is 10.00 Å². The van der Waals surface area contributed by atoms with Gasteiger partial charge in [-0.05, 0) is 43.5 Å². The van der Waals surface area contributed by atoms with E-state index in [0.29, 0.717) is 17.7 Å². The van der Waals surface area contributed by atoms with Gasteiger partial charge in [-0.2, -0.15) is 5.26 Å². The lowest BCUT2D eigenvalue weighted by molar-refractivity contribution is -0.139. The third kappa shape index (κ3) is 7.20. The minimum Gasteiger partial charge on any atom is -0.480 e. The maximum Gasteiger partial charge on any atom is 0.338 e. The number of ether oxygens (including phenoxy) is 1. The Hall–Kier alpha value is -3.34. The second-order valence-electron chi connectivity index (χ2n) is 6.11. The first-order valence-electron chi connectivity index (χ1n) is 8.46. The number of benzene rings is 1. The monoisotopic (exact) mass is 373 g/mol. The second-order valence-corrected chi connectivity index (χ2v) is 6.11. The number of aliphatic carboxylic acids is 1. The number of hydrogen-bond donors (Lipinski definition) is 3. The zero-order valence-electron chi connectivity index (χ0n) is 15.5. The molecule has 27 heavy (non-hydrogen) atoms. The van der Waals surface area contributed by atoms with Gasteiger partial charge in [0.05, 0.1) is 12.2 Å². The number of anilines is 1. The van der Waals surface area contributed by atoms with Crippen LogP contribution in [0.1, 0.15) is 37.6 Å². The highest BCUT2D eigenvalue weighted by Gasteiger charge is 2.18. The molecule has 8 nitrogen and oxygen atoms in total. The smallest absolute Gasteiger partial charge is 0.338 e. The highest BCUT2D eigenvalue weighted by Crippen LogP contribution is 2.12. The van der Waals surface area contributed by atoms with Crippen LogP contribution in [-0.2, 0) is 14.3 Å². The Bertz CT molecular complexity index is 748. The van der Waals surface area contributed by atoms with Crippen LogP contribution >= 0.6 is 0 Å². The van der Waals surface area contributed by atoms with Gasteiger partial charge in [-0.1, -0.05) is 13.8 Å². The van der Waals surface area contributed by atoms with Crippen molar-refractivity contribution in [2.45, 2.75) is 33.2 Å². The molecule has 0 spiro atoms. The molecule has 0 heterocycles. The minimum absolute atomic E-state index is 0.129. The van der Waals surface area contributed by atoms with Gasteiger partial charge >= 0.3 is 11.9 Å². The Morgan fingerprint density at radius 3 is 2.37 bits per heavy atom. The zero-order chi connectivity index (χ0) is 20.4. The first kappa shape index (κ1) is 21.7. The lowest BCUT2D eigenvalue weighted by Crippen LogP contribution is -2.35. The van der Waals surface area contributed by atoms with Crippen molar-refractivity contribution in [3.63, 3.8) is 0 Å². The average Bonchev–Trinajstić information content (AvgIpc) is 2.61. The van der Waals surface area contributed by atoms with Crippen molar-refractivity contribution in [2.75, 3.05) is 11.9 Å². The Morgan fingerprint density at radius 2 is 1.89 bits per heavy atom. The number of rotatable bonds is 9. The van der Waals surface area contributed by atoms with Crippen molar-refractivity contribution in [3.8, 4) is 6.07 Å². The fourth-order valence-electron chi connectivity index (χ4n) is 2.15. The fraction of sp³-hybridized carbons (Fsp3) is 0.368. The van der Waals surface area contributed by atoms with Crippen LogP contribution in [-0.4, -0.2) is 35.6 Å². The third-order valence-electron chi connectivity index (χ3n) is 3.45. The second kappa shape index (κ2) is 10.6. The summed E-state index contributed by atoms with van der Waals surface area (Å²) in [6, 6.07) is 6.83. The van der Waals surface area contributed by atoms with Crippen LogP contribution in [0, 0.1) is 17.2 Å². The van der Waals surface area contributed by atoms with E-state index in [1.54, 1.807) is 13.0 Å². The zero-order valence-corrected chi connectivity index (χ0v) is 15.5. The van der Waals surface area contributed by atoms with Crippen LogP contribution in [0.3, 0.4) is 0 Å². The van der Waals surface area contributed by atoms with Crippen molar-refractivity contribution in [1.29, 1.82) is 5.26 Å². The topological polar surface area (TPSA) is 129 Å². The Morgan fingerprint density at radius 1 is 1.26 bits per heavy atom. The van der Waals surface area contributed by atoms with Crippen molar-refractivity contribution < 1.29 is 24.2 Å². The van der Waals surface area contributed by atoms with Gasteiger partial charge in [0.15, 0.2) is 0 Å². The summed E-state index contributed by atoms with van der Waals surface area (Å²) in [5.41, 5.74) is 0.455. The highest BCUT2D eigenvalue weighted by molar-refractivity contribution is 6.06. The van der Waals surface area contributed by atoms with Gasteiger partial charge in [0, 0.05) is 11.9 Å². The molecule has 0 bridgehead atoms. The van der Waals surface area contributed by atoms with Crippen LogP contribution in [0.4, 0.5) is 5.69 Å². The molecule has 8 heteroatoms. The van der Waals surface area contributed by atoms with Crippen molar-refractivity contribution in [3.05, 3.63) is 41.6 Å². The Kier molecular flexibility index (Phi) is 8.53. The van der Waals surface area contributed by atoms with Gasteiger partial charge in [-0.25, -0.2) is 9.59 Å². The molecule has 0 aromatic heterocycles. The van der Waals surface area contributed by atoms with E-state index >= 15 is 0 Å². The highest BCUT2D eigenvalue weighted by atomic mass is 16.5. The summed E-state index contributed by atoms with van der Waals surface area (Å²) in [5.74, 6) is -2.10. The van der Waals surface area contributed by atoms with E-state index in [1.165, 1.54) is 24.3 Å². The average molecular weight is 373 g/mol. The molecule has 0 saturated heterocycles. The summed E-state index contributed by atoms with van der Waals surface area (Å²) in [5, 5.41) is 23.4. The maximum atomic E-state index is 12.2. The molecule has 0 aliphatic carbocycles. The lowest BCUT2D eigenvalue weighted by atomic mass is 10.0. The summed E-state index contributed by atoms with van der Waals surface area (Å²) in [6.07, 6.45) is 1.45. The SMILES string of the molecule is CCOC(=O)c1ccc(NC(=O)/C(C#N)=C\NC(CC(C)C)C(=O)O)cc1. The van der Waals surface area contributed by atoms with Crippen LogP contribution in [0.5, 0.6) is 0 Å². The molecule has 1 aromatic rings. The largest absolute Gasteiger partial charge is 0.480 e. The first-order valence-corrected chi connectivity index (χ1v) is 8.46. The van der Waals surface area contributed by atoms with Gasteiger partial charge < -0.3 is 20.5 Å². The summed E-state index contributed by atoms with van der Waals surface area (Å²) < 4.78 is 4.87. The number of carboxylic acids is 1. The van der Waals surface area contributed by atoms with Gasteiger partial charge in [0.2, 0.25) is 0 Å². The number of carbonyl (C=O) groups is 3. The molecule has 144 valence electrons. The molecule has 1 atom stereocenters. The molecule has 0 saturated carbocycles. The summed E-state index contributed by atoms with van der Waals surface area (Å²) in [4.78, 5) is 35.0. The normalized spacial score (nSPS) is 12.0. The third-order valence-corrected chi connectivity index (χ3v) is 3.45. The van der Waals surface area contributed by atoms with E-state index in [1.807, 2.05) is 13.8 Å². The Labute approximate surface area is 157 Å². The molecule has 0 radical (unpaired) electrons. The molecule has 3 N–H and O–H groups in total. The van der Waals surface area contributed by atoms with E-state index in [-0.39, 0.29) is 18.1 Å². The number of carboxylic acid groups (broad SMARTS) is 1. The van der Waals surface area contributed by atoms with Crippen LogP contribution in [0.15, 0.2) is 36.0 Å². The van der Waals surface area contributed by atoms with E-state index < -0.39 is 23.9 Å². The molecule has 1 amide bonds. The number of nitrogens with one attached hydrogen (secondary N) is 2. The summed E-state index contributed by atoms with van der Waals surface area (Å²) >= 11 is 0. The van der Waals surface area contributed by atoms with Crippen LogP contribution in [0.2, 0.25) is 0 Å². The van der Waals surface area contributed by atoms with Gasteiger partial charge in [-0.3, -0.25) is 4.79 Å². The molecule has 0 aliphatic heterocycles. The predicted octanol–water partition coefficient (Wildman–Crippen LogP) is 2.30. The molecule has 1 rings (SSSR count). The predicted molar refractivity (Wildman–Crippen MR) is 98.7 cm³/mol. The minimum atomic E-state index is -1.06. The van der Waals surface area contributed by atoms with Crippen LogP contribution < -0.4 is 10.6 Å². The van der Waals surface area contributed by atoms with Crippen LogP contribution in [0.25, 0.3) is 0 Å². The maximum absolute atomic E-state index is 12.2. The molecule has 0 aliphatic rings. The molecular weight excluding hydrogens is 350 g/mol. The van der Waals surface area contributed by atoms with E-state index in [2.05, 4.69) is 10.6 Å². The van der Waals surface area contributed by atoms with Gasteiger partial charge in [0.25, 0.3) is 5.91 Å². The number of nitriles is 1. The molecule has 1 unspecified atom stereocenters.